The van der Waals surface area contributed by atoms with Crippen molar-refractivity contribution < 1.29 is 9.53 Å². The number of ether oxygens (including phenoxy) is 1. The van der Waals surface area contributed by atoms with Gasteiger partial charge in [-0.05, 0) is 59.6 Å². The third-order valence-corrected chi connectivity index (χ3v) is 4.43. The first-order valence-corrected chi connectivity index (χ1v) is 6.55. The monoisotopic (exact) mass is 242 g/mol. The lowest BCUT2D eigenvalue weighted by atomic mass is 9.64. The minimum atomic E-state index is 0.174. The van der Waals surface area contributed by atoms with Crippen molar-refractivity contribution in [1.29, 1.82) is 0 Å². The van der Waals surface area contributed by atoms with Gasteiger partial charge in [0.05, 0.1) is 7.11 Å². The summed E-state index contributed by atoms with van der Waals surface area (Å²) in [6, 6.07) is 6.22. The molecule has 0 bridgehead atoms. The summed E-state index contributed by atoms with van der Waals surface area (Å²) in [5.74, 6) is 1.13. The maximum Gasteiger partial charge on any atom is 0.156 e. The topological polar surface area (TPSA) is 26.3 Å². The normalized spacial score (nSPS) is 26.1. The van der Waals surface area contributed by atoms with Gasteiger partial charge in [0.2, 0.25) is 0 Å². The van der Waals surface area contributed by atoms with Crippen molar-refractivity contribution in [3.05, 3.63) is 35.4 Å². The summed E-state index contributed by atoms with van der Waals surface area (Å²) in [5, 5.41) is 0. The molecule has 2 nitrogen and oxygen atoms in total. The molecule has 1 atom stereocenters. The van der Waals surface area contributed by atoms with E-state index in [1.54, 1.807) is 7.11 Å². The van der Waals surface area contributed by atoms with Crippen LogP contribution in [0.25, 0.3) is 5.57 Å². The smallest absolute Gasteiger partial charge is 0.156 e. The van der Waals surface area contributed by atoms with E-state index in [4.69, 9.17) is 4.74 Å². The number of carbonyl (C=O) groups is 1. The Morgan fingerprint density at radius 2 is 2.00 bits per heavy atom. The minimum absolute atomic E-state index is 0.174. The number of allylic oxidation sites excluding steroid dienone is 2. The summed E-state index contributed by atoms with van der Waals surface area (Å²) in [5.41, 5.74) is 3.96. The second-order valence-corrected chi connectivity index (χ2v) is 5.61. The molecule has 94 valence electrons. The number of hydrogen-bond donors (Lipinski definition) is 0. The summed E-state index contributed by atoms with van der Waals surface area (Å²) in [6.07, 6.45) is 5.78. The molecule has 0 heterocycles. The van der Waals surface area contributed by atoms with Crippen molar-refractivity contribution in [2.24, 2.45) is 5.41 Å². The van der Waals surface area contributed by atoms with Crippen molar-refractivity contribution in [2.45, 2.75) is 32.6 Å². The Labute approximate surface area is 108 Å². The van der Waals surface area contributed by atoms with Crippen molar-refractivity contribution in [2.75, 3.05) is 7.11 Å². The zero-order valence-electron chi connectivity index (χ0n) is 11.0. The standard InChI is InChI=1S/C16H18O2/c1-16-7-5-11-3-4-13(18-2)10-14(11)15(16)9-12(17)6-8-16/h3-4,9-10H,5-8H2,1-2H3. The van der Waals surface area contributed by atoms with Crippen molar-refractivity contribution >= 4 is 11.4 Å². The lowest BCUT2D eigenvalue weighted by Crippen LogP contribution is -2.29. The average molecular weight is 242 g/mol. The van der Waals surface area contributed by atoms with E-state index in [9.17, 15) is 4.79 Å². The molecule has 18 heavy (non-hydrogen) atoms. The van der Waals surface area contributed by atoms with Crippen LogP contribution in [0.2, 0.25) is 0 Å². The molecule has 0 saturated heterocycles. The Hall–Kier alpha value is -1.57. The summed E-state index contributed by atoms with van der Waals surface area (Å²) in [7, 11) is 1.68. The van der Waals surface area contributed by atoms with Gasteiger partial charge in [0.15, 0.2) is 5.78 Å². The second kappa shape index (κ2) is 3.98. The van der Waals surface area contributed by atoms with E-state index in [-0.39, 0.29) is 11.2 Å². The molecule has 0 aromatic heterocycles. The zero-order chi connectivity index (χ0) is 12.8. The van der Waals surface area contributed by atoms with E-state index in [0.29, 0.717) is 6.42 Å². The molecule has 0 fully saturated rings. The van der Waals surface area contributed by atoms with Gasteiger partial charge in [-0.3, -0.25) is 4.79 Å². The fourth-order valence-corrected chi connectivity index (χ4v) is 3.17. The molecule has 0 spiro atoms. The summed E-state index contributed by atoms with van der Waals surface area (Å²) < 4.78 is 5.31. The highest BCUT2D eigenvalue weighted by atomic mass is 16.5. The van der Waals surface area contributed by atoms with Gasteiger partial charge < -0.3 is 4.74 Å². The molecule has 0 amide bonds. The van der Waals surface area contributed by atoms with Crippen LogP contribution in [0.5, 0.6) is 5.75 Å². The Morgan fingerprint density at radius 1 is 1.22 bits per heavy atom. The lowest BCUT2D eigenvalue weighted by Gasteiger charge is -2.40. The number of fused-ring (bicyclic) bond motifs is 3. The van der Waals surface area contributed by atoms with Crippen LogP contribution >= 0.6 is 0 Å². The SMILES string of the molecule is COc1ccc2c(c1)C1=CC(=O)CCC1(C)CC2. The van der Waals surface area contributed by atoms with Gasteiger partial charge in [0, 0.05) is 6.42 Å². The first-order chi connectivity index (χ1) is 8.62. The number of rotatable bonds is 1. The molecule has 2 aliphatic rings. The van der Waals surface area contributed by atoms with E-state index in [1.807, 2.05) is 12.1 Å². The Balaban J connectivity index is 2.17. The van der Waals surface area contributed by atoms with Crippen LogP contribution in [0.15, 0.2) is 24.3 Å². The van der Waals surface area contributed by atoms with Gasteiger partial charge in [0.1, 0.15) is 5.75 Å². The average Bonchev–Trinajstić information content (AvgIpc) is 2.39. The predicted octanol–water partition coefficient (Wildman–Crippen LogP) is 3.39. The van der Waals surface area contributed by atoms with Gasteiger partial charge in [-0.25, -0.2) is 0 Å². The van der Waals surface area contributed by atoms with Gasteiger partial charge in [-0.2, -0.15) is 0 Å². The number of aryl methyl sites for hydroxylation is 1. The molecule has 2 heteroatoms. The van der Waals surface area contributed by atoms with Crippen LogP contribution in [-0.2, 0) is 11.2 Å². The molecule has 1 aromatic carbocycles. The maximum atomic E-state index is 11.7. The fraction of sp³-hybridized carbons (Fsp3) is 0.438. The molecule has 0 saturated carbocycles. The first-order valence-electron chi connectivity index (χ1n) is 6.55. The molecule has 0 N–H and O–H groups in total. The summed E-state index contributed by atoms with van der Waals surface area (Å²) in [4.78, 5) is 11.7. The van der Waals surface area contributed by atoms with Crippen LogP contribution in [-0.4, -0.2) is 12.9 Å². The highest BCUT2D eigenvalue weighted by Crippen LogP contribution is 2.50. The third kappa shape index (κ3) is 1.67. The van der Waals surface area contributed by atoms with E-state index < -0.39 is 0 Å². The number of carbonyl (C=O) groups excluding carboxylic acids is 1. The third-order valence-electron chi connectivity index (χ3n) is 4.43. The molecule has 0 radical (unpaired) electrons. The molecule has 1 aromatic rings. The summed E-state index contributed by atoms with van der Waals surface area (Å²) in [6.45, 7) is 2.29. The molecule has 1 unspecified atom stereocenters. The highest BCUT2D eigenvalue weighted by Gasteiger charge is 2.37. The van der Waals surface area contributed by atoms with E-state index >= 15 is 0 Å². The molecule has 0 aliphatic heterocycles. The summed E-state index contributed by atoms with van der Waals surface area (Å²) >= 11 is 0. The molecule has 2 aliphatic carbocycles. The Morgan fingerprint density at radius 3 is 2.78 bits per heavy atom. The van der Waals surface area contributed by atoms with Crippen molar-refractivity contribution in [3.8, 4) is 5.75 Å². The minimum Gasteiger partial charge on any atom is -0.497 e. The van der Waals surface area contributed by atoms with E-state index in [2.05, 4.69) is 19.1 Å². The van der Waals surface area contributed by atoms with Crippen molar-refractivity contribution in [1.82, 2.24) is 0 Å². The zero-order valence-corrected chi connectivity index (χ0v) is 11.0. The van der Waals surface area contributed by atoms with Crippen LogP contribution in [0.3, 0.4) is 0 Å². The van der Waals surface area contributed by atoms with Gasteiger partial charge in [-0.1, -0.05) is 13.0 Å². The quantitative estimate of drug-likeness (QED) is 0.754. The van der Waals surface area contributed by atoms with Gasteiger partial charge in [-0.15, -0.1) is 0 Å². The lowest BCUT2D eigenvalue weighted by molar-refractivity contribution is -0.115. The molecular formula is C16H18O2. The fourth-order valence-electron chi connectivity index (χ4n) is 3.17. The Kier molecular flexibility index (Phi) is 2.54. The van der Waals surface area contributed by atoms with Gasteiger partial charge in [0.25, 0.3) is 0 Å². The number of benzene rings is 1. The van der Waals surface area contributed by atoms with Crippen LogP contribution < -0.4 is 4.74 Å². The predicted molar refractivity (Wildman–Crippen MR) is 71.6 cm³/mol. The first kappa shape index (κ1) is 11.5. The van der Waals surface area contributed by atoms with Gasteiger partial charge >= 0.3 is 0 Å². The number of methoxy groups -OCH3 is 1. The van der Waals surface area contributed by atoms with E-state index in [1.165, 1.54) is 16.7 Å². The maximum absolute atomic E-state index is 11.7. The van der Waals surface area contributed by atoms with Crippen LogP contribution in [0.1, 0.15) is 37.3 Å². The molecule has 3 rings (SSSR count). The number of ketones is 1. The number of hydrogen-bond acceptors (Lipinski definition) is 2. The second-order valence-electron chi connectivity index (χ2n) is 5.61. The Bertz CT molecular complexity index is 542. The van der Waals surface area contributed by atoms with Crippen molar-refractivity contribution in [3.63, 3.8) is 0 Å². The molecular weight excluding hydrogens is 224 g/mol. The van der Waals surface area contributed by atoms with Crippen LogP contribution in [0.4, 0.5) is 0 Å². The highest BCUT2D eigenvalue weighted by molar-refractivity contribution is 6.00. The van der Waals surface area contributed by atoms with E-state index in [0.717, 1.165) is 25.0 Å². The largest absolute Gasteiger partial charge is 0.497 e. The van der Waals surface area contributed by atoms with Crippen LogP contribution in [0, 0.1) is 5.41 Å².